The molecule has 1 unspecified atom stereocenters. The Morgan fingerprint density at radius 1 is 1.17 bits per heavy atom. The first-order chi connectivity index (χ1) is 11.6. The maximum Gasteiger partial charge on any atom is 0.312 e. The molecule has 1 aromatic carbocycles. The van der Waals surface area contributed by atoms with Crippen LogP contribution in [0.2, 0.25) is 0 Å². The first-order valence-electron chi connectivity index (χ1n) is 8.13. The Morgan fingerprint density at radius 2 is 2.00 bits per heavy atom. The molecule has 1 heterocycles. The number of carbonyl (C=O) groups is 2. The molecule has 1 aliphatic rings. The van der Waals surface area contributed by atoms with Gasteiger partial charge < -0.3 is 16.4 Å². The number of nitrogens with two attached hydrogens (primary N) is 1. The van der Waals surface area contributed by atoms with Crippen LogP contribution in [-0.4, -0.2) is 11.9 Å². The largest absolute Gasteiger partial charge is 0.352 e. The fourth-order valence-electron chi connectivity index (χ4n) is 3.17. The number of hydrogen-bond acceptors (Lipinski definition) is 3. The highest BCUT2D eigenvalue weighted by molar-refractivity contribution is 7.10. The van der Waals surface area contributed by atoms with E-state index in [9.17, 15) is 9.59 Å². The van der Waals surface area contributed by atoms with Crippen molar-refractivity contribution < 1.29 is 9.59 Å². The molecule has 0 spiro atoms. The number of thiophene rings is 1. The molecule has 5 nitrogen and oxygen atoms in total. The van der Waals surface area contributed by atoms with Crippen molar-refractivity contribution in [3.05, 3.63) is 51.7 Å². The van der Waals surface area contributed by atoms with Crippen LogP contribution in [0.3, 0.4) is 0 Å². The molecular formula is C18H21N3O2S. The average Bonchev–Trinajstić information content (AvgIpc) is 3.08. The van der Waals surface area contributed by atoms with E-state index in [1.54, 1.807) is 0 Å². The Hall–Kier alpha value is -2.34. The van der Waals surface area contributed by atoms with Crippen LogP contribution in [0.25, 0.3) is 0 Å². The van der Waals surface area contributed by atoms with E-state index in [-0.39, 0.29) is 12.3 Å². The molecule has 0 bridgehead atoms. The molecule has 6 heteroatoms. The van der Waals surface area contributed by atoms with E-state index >= 15 is 0 Å². The summed E-state index contributed by atoms with van der Waals surface area (Å²) in [7, 11) is 0. The lowest BCUT2D eigenvalue weighted by atomic mass is 9.90. The Morgan fingerprint density at radius 3 is 2.75 bits per heavy atom. The van der Waals surface area contributed by atoms with E-state index in [2.05, 4.69) is 16.7 Å². The van der Waals surface area contributed by atoms with Gasteiger partial charge in [-0.05, 0) is 54.3 Å². The van der Waals surface area contributed by atoms with Crippen molar-refractivity contribution in [1.82, 2.24) is 5.32 Å². The number of urea groups is 1. The van der Waals surface area contributed by atoms with Crippen LogP contribution < -0.4 is 16.4 Å². The second kappa shape index (κ2) is 7.49. The second-order valence-electron chi connectivity index (χ2n) is 5.98. The number of nitrogens with one attached hydrogen (secondary N) is 2. The van der Waals surface area contributed by atoms with Gasteiger partial charge in [-0.25, -0.2) is 4.79 Å². The molecule has 3 amide bonds. The van der Waals surface area contributed by atoms with Gasteiger partial charge in [0.25, 0.3) is 0 Å². The molecule has 4 N–H and O–H groups in total. The number of rotatable bonds is 5. The normalized spacial score (nSPS) is 14.5. The summed E-state index contributed by atoms with van der Waals surface area (Å²) in [5.74, 6) is -0.124. The first-order valence-corrected chi connectivity index (χ1v) is 9.01. The van der Waals surface area contributed by atoms with E-state index in [0.29, 0.717) is 0 Å². The van der Waals surface area contributed by atoms with E-state index < -0.39 is 12.1 Å². The topological polar surface area (TPSA) is 84.2 Å². The van der Waals surface area contributed by atoms with Crippen LogP contribution in [0.5, 0.6) is 0 Å². The minimum Gasteiger partial charge on any atom is -0.352 e. The lowest BCUT2D eigenvalue weighted by Crippen LogP contribution is -2.35. The molecule has 0 saturated heterocycles. The molecule has 126 valence electrons. The Bertz CT molecular complexity index is 728. The highest BCUT2D eigenvalue weighted by Crippen LogP contribution is 2.29. The molecule has 1 aromatic heterocycles. The Kier molecular flexibility index (Phi) is 5.15. The van der Waals surface area contributed by atoms with Crippen LogP contribution in [0, 0.1) is 0 Å². The van der Waals surface area contributed by atoms with Crippen LogP contribution >= 0.6 is 11.3 Å². The monoisotopic (exact) mass is 343 g/mol. The fourth-order valence-corrected chi connectivity index (χ4v) is 3.95. The van der Waals surface area contributed by atoms with E-state index in [1.807, 2.05) is 29.6 Å². The summed E-state index contributed by atoms with van der Waals surface area (Å²) < 4.78 is 0. The lowest BCUT2D eigenvalue weighted by molar-refractivity contribution is -0.116. The molecule has 1 aliphatic carbocycles. The van der Waals surface area contributed by atoms with E-state index in [1.165, 1.54) is 28.9 Å². The molecule has 3 rings (SSSR count). The molecule has 24 heavy (non-hydrogen) atoms. The van der Waals surface area contributed by atoms with E-state index in [4.69, 9.17) is 5.73 Å². The maximum absolute atomic E-state index is 12.5. The van der Waals surface area contributed by atoms with Gasteiger partial charge in [-0.1, -0.05) is 18.2 Å². The quantitative estimate of drug-likeness (QED) is 0.778. The van der Waals surface area contributed by atoms with Crippen LogP contribution in [0.15, 0.2) is 35.7 Å². The third-order valence-corrected chi connectivity index (χ3v) is 5.25. The summed E-state index contributed by atoms with van der Waals surface area (Å²) >= 11 is 1.49. The number of primary amides is 1. The molecule has 0 aliphatic heterocycles. The number of benzene rings is 1. The highest BCUT2D eigenvalue weighted by Gasteiger charge is 2.20. The van der Waals surface area contributed by atoms with Crippen molar-refractivity contribution in [2.75, 3.05) is 5.32 Å². The molecule has 0 saturated carbocycles. The molecular weight excluding hydrogens is 322 g/mol. The van der Waals surface area contributed by atoms with Gasteiger partial charge in [-0.3, -0.25) is 4.79 Å². The summed E-state index contributed by atoms with van der Waals surface area (Å²) in [4.78, 5) is 24.6. The number of carbonyl (C=O) groups excluding carboxylic acids is 2. The molecule has 0 radical (unpaired) electrons. The third kappa shape index (κ3) is 3.94. The Balaban J connectivity index is 1.71. The number of amides is 3. The van der Waals surface area contributed by atoms with Crippen molar-refractivity contribution in [2.24, 2.45) is 5.73 Å². The smallest absolute Gasteiger partial charge is 0.312 e. The van der Waals surface area contributed by atoms with Crippen molar-refractivity contribution >= 4 is 29.0 Å². The first kappa shape index (κ1) is 16.5. The Labute approximate surface area is 145 Å². The van der Waals surface area contributed by atoms with Gasteiger partial charge in [-0.15, -0.1) is 11.3 Å². The van der Waals surface area contributed by atoms with Crippen LogP contribution in [-0.2, 0) is 17.6 Å². The minimum atomic E-state index is -0.627. The van der Waals surface area contributed by atoms with Gasteiger partial charge in [0.2, 0.25) is 5.91 Å². The number of fused-ring (bicyclic) bond motifs is 1. The zero-order chi connectivity index (χ0) is 16.9. The average molecular weight is 343 g/mol. The van der Waals surface area contributed by atoms with Crippen LogP contribution in [0.4, 0.5) is 10.5 Å². The number of hydrogen-bond donors (Lipinski definition) is 3. The van der Waals surface area contributed by atoms with Crippen molar-refractivity contribution in [1.29, 1.82) is 0 Å². The zero-order valence-electron chi connectivity index (χ0n) is 13.4. The van der Waals surface area contributed by atoms with Crippen molar-refractivity contribution in [2.45, 2.75) is 38.1 Å². The van der Waals surface area contributed by atoms with Gasteiger partial charge in [-0.2, -0.15) is 0 Å². The van der Waals surface area contributed by atoms with Gasteiger partial charge in [0, 0.05) is 10.6 Å². The standard InChI is InChI=1S/C18H21N3O2S/c19-18(23)21-15(16-9-4-10-24-16)11-17(22)20-14-8-3-6-12-5-1-2-7-13(12)14/h3-4,6,8-10,15H,1-2,5,7,11H2,(H,20,22)(H3,19,21,23). The summed E-state index contributed by atoms with van der Waals surface area (Å²) in [6.45, 7) is 0. The summed E-state index contributed by atoms with van der Waals surface area (Å²) in [6, 6.07) is 8.82. The lowest BCUT2D eigenvalue weighted by Gasteiger charge is -2.21. The summed E-state index contributed by atoms with van der Waals surface area (Å²) in [6.07, 6.45) is 4.58. The molecule has 1 atom stereocenters. The predicted molar refractivity (Wildman–Crippen MR) is 96.1 cm³/mol. The van der Waals surface area contributed by atoms with Gasteiger partial charge in [0.1, 0.15) is 0 Å². The van der Waals surface area contributed by atoms with Gasteiger partial charge >= 0.3 is 6.03 Å². The predicted octanol–water partition coefficient (Wildman–Crippen LogP) is 3.37. The van der Waals surface area contributed by atoms with Crippen LogP contribution in [0.1, 0.15) is 41.3 Å². The number of aryl methyl sites for hydroxylation is 1. The molecule has 2 aromatic rings. The van der Waals surface area contributed by atoms with E-state index in [0.717, 1.165) is 29.8 Å². The zero-order valence-corrected chi connectivity index (χ0v) is 14.2. The summed E-state index contributed by atoms with van der Waals surface area (Å²) in [5, 5.41) is 7.57. The van der Waals surface area contributed by atoms with Gasteiger partial charge in [0.05, 0.1) is 12.5 Å². The fraction of sp³-hybridized carbons (Fsp3) is 0.333. The van der Waals surface area contributed by atoms with Gasteiger partial charge in [0.15, 0.2) is 0 Å². The number of anilines is 1. The highest BCUT2D eigenvalue weighted by atomic mass is 32.1. The third-order valence-electron chi connectivity index (χ3n) is 4.26. The minimum absolute atomic E-state index is 0.124. The van der Waals surface area contributed by atoms with Crippen molar-refractivity contribution in [3.63, 3.8) is 0 Å². The van der Waals surface area contributed by atoms with Crippen molar-refractivity contribution in [3.8, 4) is 0 Å². The molecule has 0 fully saturated rings. The summed E-state index contributed by atoms with van der Waals surface area (Å²) in [5.41, 5.74) is 8.70. The second-order valence-corrected chi connectivity index (χ2v) is 6.96. The SMILES string of the molecule is NC(=O)NC(CC(=O)Nc1cccc2c1CCCC2)c1cccs1. The maximum atomic E-state index is 12.5.